The molecule has 0 unspecified atom stereocenters. The Labute approximate surface area is 132 Å². The molecule has 3 aromatic rings. The number of benzene rings is 1. The lowest BCUT2D eigenvalue weighted by Gasteiger charge is -2.07. The van der Waals surface area contributed by atoms with Crippen LogP contribution in [0.25, 0.3) is 17.2 Å². The Morgan fingerprint density at radius 2 is 2.00 bits per heavy atom. The van der Waals surface area contributed by atoms with Crippen LogP contribution in [0.5, 0.6) is 11.5 Å². The van der Waals surface area contributed by atoms with Gasteiger partial charge in [-0.15, -0.1) is 0 Å². The van der Waals surface area contributed by atoms with Crippen molar-refractivity contribution in [1.82, 2.24) is 15.0 Å². The van der Waals surface area contributed by atoms with Crippen molar-refractivity contribution in [3.63, 3.8) is 0 Å². The van der Waals surface area contributed by atoms with Gasteiger partial charge in [-0.05, 0) is 35.9 Å². The van der Waals surface area contributed by atoms with Gasteiger partial charge in [0.15, 0.2) is 23.0 Å². The van der Waals surface area contributed by atoms with Gasteiger partial charge in [0.05, 0.1) is 19.7 Å². The van der Waals surface area contributed by atoms with E-state index in [0.717, 1.165) is 11.1 Å². The highest BCUT2D eigenvalue weighted by Crippen LogP contribution is 2.28. The summed E-state index contributed by atoms with van der Waals surface area (Å²) in [5, 5.41) is 0. The third-order valence-electron chi connectivity index (χ3n) is 3.33. The largest absolute Gasteiger partial charge is 0.493 e. The van der Waals surface area contributed by atoms with Crippen LogP contribution in [-0.4, -0.2) is 35.0 Å². The van der Waals surface area contributed by atoms with E-state index in [4.69, 9.17) is 9.47 Å². The number of hydrogen-bond donors (Lipinski definition) is 1. The number of hydrogen-bond acceptors (Lipinski definition) is 5. The lowest BCUT2D eigenvalue weighted by molar-refractivity contribution is 0.103. The molecular weight excluding hydrogens is 294 g/mol. The van der Waals surface area contributed by atoms with Crippen LogP contribution in [0.2, 0.25) is 0 Å². The third-order valence-corrected chi connectivity index (χ3v) is 3.33. The predicted octanol–water partition coefficient (Wildman–Crippen LogP) is 2.87. The van der Waals surface area contributed by atoms with Crippen LogP contribution in [0, 0.1) is 0 Å². The van der Waals surface area contributed by atoms with Crippen molar-refractivity contribution in [2.75, 3.05) is 14.2 Å². The summed E-state index contributed by atoms with van der Waals surface area (Å²) in [7, 11) is 3.14. The van der Waals surface area contributed by atoms with Gasteiger partial charge < -0.3 is 14.5 Å². The number of methoxy groups -OCH3 is 2. The zero-order chi connectivity index (χ0) is 16.2. The Bertz CT molecular complexity index is 851. The molecule has 116 valence electrons. The number of nitrogens with one attached hydrogen (secondary N) is 1. The number of allylic oxidation sites excluding steroid dienone is 1. The molecular formula is C17H15N3O3. The number of pyridine rings is 1. The lowest BCUT2D eigenvalue weighted by Crippen LogP contribution is -1.97. The van der Waals surface area contributed by atoms with E-state index in [-0.39, 0.29) is 11.6 Å². The summed E-state index contributed by atoms with van der Waals surface area (Å²) >= 11 is 0. The Hall–Kier alpha value is -3.15. The molecule has 0 fully saturated rings. The van der Waals surface area contributed by atoms with Crippen LogP contribution in [0.15, 0.2) is 42.6 Å². The van der Waals surface area contributed by atoms with Crippen molar-refractivity contribution in [3.8, 4) is 11.5 Å². The first-order valence-electron chi connectivity index (χ1n) is 6.96. The maximum Gasteiger partial charge on any atom is 0.221 e. The van der Waals surface area contributed by atoms with Gasteiger partial charge in [0.2, 0.25) is 5.78 Å². The molecule has 3 rings (SSSR count). The van der Waals surface area contributed by atoms with Crippen LogP contribution in [-0.2, 0) is 0 Å². The van der Waals surface area contributed by atoms with E-state index < -0.39 is 0 Å². The molecule has 0 saturated carbocycles. The van der Waals surface area contributed by atoms with Gasteiger partial charge in [0.25, 0.3) is 0 Å². The molecule has 0 aliphatic rings. The normalized spacial score (nSPS) is 11.0. The van der Waals surface area contributed by atoms with Gasteiger partial charge in [0, 0.05) is 6.20 Å². The maximum atomic E-state index is 12.2. The number of carbonyl (C=O) groups is 1. The minimum atomic E-state index is -0.224. The van der Waals surface area contributed by atoms with E-state index in [1.807, 2.05) is 12.1 Å². The molecule has 0 amide bonds. The van der Waals surface area contributed by atoms with Crippen LogP contribution >= 0.6 is 0 Å². The highest BCUT2D eigenvalue weighted by Gasteiger charge is 2.09. The van der Waals surface area contributed by atoms with Gasteiger partial charge in [-0.2, -0.15) is 0 Å². The van der Waals surface area contributed by atoms with Crippen molar-refractivity contribution in [3.05, 3.63) is 54.0 Å². The van der Waals surface area contributed by atoms with Crippen LogP contribution in [0.4, 0.5) is 0 Å². The lowest BCUT2D eigenvalue weighted by atomic mass is 10.1. The van der Waals surface area contributed by atoms with Gasteiger partial charge >= 0.3 is 0 Å². The first-order valence-corrected chi connectivity index (χ1v) is 6.96. The number of H-pyrrole nitrogens is 1. The number of imidazole rings is 1. The maximum absolute atomic E-state index is 12.2. The van der Waals surface area contributed by atoms with E-state index in [1.165, 1.54) is 6.08 Å². The average molecular weight is 309 g/mol. The third kappa shape index (κ3) is 3.06. The second kappa shape index (κ2) is 6.31. The number of aromatic nitrogens is 3. The van der Waals surface area contributed by atoms with Crippen molar-refractivity contribution in [1.29, 1.82) is 0 Å². The number of ketones is 1. The van der Waals surface area contributed by atoms with E-state index in [9.17, 15) is 4.79 Å². The molecule has 1 N–H and O–H groups in total. The summed E-state index contributed by atoms with van der Waals surface area (Å²) in [6, 6.07) is 9.03. The Morgan fingerprint density at radius 3 is 2.74 bits per heavy atom. The second-order valence-electron chi connectivity index (χ2n) is 4.77. The van der Waals surface area contributed by atoms with E-state index in [1.54, 1.807) is 44.7 Å². The molecule has 0 bridgehead atoms. The van der Waals surface area contributed by atoms with Crippen molar-refractivity contribution in [2.45, 2.75) is 0 Å². The van der Waals surface area contributed by atoms with E-state index in [0.29, 0.717) is 17.1 Å². The molecule has 1 aromatic carbocycles. The highest BCUT2D eigenvalue weighted by molar-refractivity contribution is 6.05. The molecule has 2 aromatic heterocycles. The molecule has 2 heterocycles. The highest BCUT2D eigenvalue weighted by atomic mass is 16.5. The molecule has 0 radical (unpaired) electrons. The Morgan fingerprint density at radius 1 is 1.17 bits per heavy atom. The monoisotopic (exact) mass is 309 g/mol. The summed E-state index contributed by atoms with van der Waals surface area (Å²) in [5.41, 5.74) is 2.08. The number of ether oxygens (including phenoxy) is 2. The summed E-state index contributed by atoms with van der Waals surface area (Å²) in [6.45, 7) is 0. The molecule has 23 heavy (non-hydrogen) atoms. The molecule has 0 saturated heterocycles. The molecule has 0 atom stereocenters. The van der Waals surface area contributed by atoms with Crippen molar-refractivity contribution in [2.24, 2.45) is 0 Å². The number of nitrogens with zero attached hydrogens (tertiary/aromatic N) is 2. The van der Waals surface area contributed by atoms with Gasteiger partial charge in [-0.3, -0.25) is 4.79 Å². The fraction of sp³-hybridized carbons (Fsp3) is 0.118. The number of carbonyl (C=O) groups excluding carboxylic acids is 1. The predicted molar refractivity (Wildman–Crippen MR) is 86.8 cm³/mol. The topological polar surface area (TPSA) is 77.1 Å². The summed E-state index contributed by atoms with van der Waals surface area (Å²) in [4.78, 5) is 23.4. The fourth-order valence-corrected chi connectivity index (χ4v) is 2.17. The van der Waals surface area contributed by atoms with E-state index in [2.05, 4.69) is 15.0 Å². The van der Waals surface area contributed by atoms with Crippen LogP contribution in [0.1, 0.15) is 16.2 Å². The molecule has 6 nitrogen and oxygen atoms in total. The Kier molecular flexibility index (Phi) is 4.05. The molecule has 0 spiro atoms. The van der Waals surface area contributed by atoms with Gasteiger partial charge in [0.1, 0.15) is 0 Å². The van der Waals surface area contributed by atoms with Crippen molar-refractivity contribution < 1.29 is 14.3 Å². The minimum Gasteiger partial charge on any atom is -0.493 e. The first kappa shape index (κ1) is 14.8. The molecule has 0 aliphatic carbocycles. The quantitative estimate of drug-likeness (QED) is 0.579. The molecule has 0 aliphatic heterocycles. The van der Waals surface area contributed by atoms with Crippen molar-refractivity contribution >= 4 is 23.0 Å². The van der Waals surface area contributed by atoms with Crippen LogP contribution < -0.4 is 9.47 Å². The van der Waals surface area contributed by atoms with E-state index >= 15 is 0 Å². The fourth-order valence-electron chi connectivity index (χ4n) is 2.17. The van der Waals surface area contributed by atoms with Crippen LogP contribution in [0.3, 0.4) is 0 Å². The minimum absolute atomic E-state index is 0.224. The standard InChI is InChI=1S/C17H15N3O3/c1-22-14-8-6-11(10-15(14)23-2)5-7-13(21)17-19-12-4-3-9-18-16(12)20-17/h3-10H,1-2H3,(H,18,19,20)/b7-5-. The number of aromatic amines is 1. The zero-order valence-corrected chi connectivity index (χ0v) is 12.7. The smallest absolute Gasteiger partial charge is 0.221 e. The number of fused-ring (bicyclic) bond motifs is 1. The summed E-state index contributed by atoms with van der Waals surface area (Å²) in [6.07, 6.45) is 4.79. The number of rotatable bonds is 5. The first-order chi connectivity index (χ1) is 11.2. The van der Waals surface area contributed by atoms with Gasteiger partial charge in [-0.1, -0.05) is 12.1 Å². The van der Waals surface area contributed by atoms with Gasteiger partial charge in [-0.25, -0.2) is 9.97 Å². The SMILES string of the molecule is COc1ccc(/C=C\C(=O)c2nc3ncccc3[nH]2)cc1OC. The average Bonchev–Trinajstić information content (AvgIpc) is 3.03. The summed E-state index contributed by atoms with van der Waals surface area (Å²) in [5.74, 6) is 1.28. The Balaban J connectivity index is 1.83. The zero-order valence-electron chi connectivity index (χ0n) is 12.7. The second-order valence-corrected chi connectivity index (χ2v) is 4.77. The molecule has 6 heteroatoms. The summed E-state index contributed by atoms with van der Waals surface area (Å²) < 4.78 is 10.4.